The molecule has 0 amide bonds. The molecule has 0 bridgehead atoms. The summed E-state index contributed by atoms with van der Waals surface area (Å²) in [6.45, 7) is 0.132. The van der Waals surface area contributed by atoms with Crippen LogP contribution < -0.4 is 4.72 Å². The number of aromatic carboxylic acids is 1. The molecule has 1 aromatic rings. The molecule has 20 heavy (non-hydrogen) atoms. The zero-order chi connectivity index (χ0) is 15.3. The van der Waals surface area contributed by atoms with Crippen LogP contribution in [-0.2, 0) is 20.8 Å². The van der Waals surface area contributed by atoms with Crippen LogP contribution in [-0.4, -0.2) is 42.3 Å². The minimum absolute atomic E-state index is 0.0298. The van der Waals surface area contributed by atoms with Gasteiger partial charge in [0.25, 0.3) is 0 Å². The standard InChI is InChI=1S/C11H14ClNO5S2/c1-19(16)6-2-5-13-20(17,18)8-3-4-10(12)9(7-8)11(14)15/h3-4,7,13H,2,5-6H2,1H3,(H,14,15). The molecule has 9 heteroatoms. The summed E-state index contributed by atoms with van der Waals surface area (Å²) in [6.07, 6.45) is 1.97. The molecule has 0 heterocycles. The first-order valence-corrected chi connectivity index (χ1v) is 9.15. The average Bonchev–Trinajstić information content (AvgIpc) is 2.34. The van der Waals surface area contributed by atoms with E-state index in [0.29, 0.717) is 12.2 Å². The highest BCUT2D eigenvalue weighted by molar-refractivity contribution is 7.89. The van der Waals surface area contributed by atoms with E-state index in [1.165, 1.54) is 18.4 Å². The van der Waals surface area contributed by atoms with Gasteiger partial charge in [-0.25, -0.2) is 17.9 Å². The van der Waals surface area contributed by atoms with Crippen LogP contribution in [0.15, 0.2) is 23.1 Å². The molecule has 0 aromatic heterocycles. The number of sulfonamides is 1. The van der Waals surface area contributed by atoms with Crippen LogP contribution in [0.3, 0.4) is 0 Å². The van der Waals surface area contributed by atoms with E-state index in [-0.39, 0.29) is 22.0 Å². The van der Waals surface area contributed by atoms with Crippen LogP contribution in [0.25, 0.3) is 0 Å². The molecule has 2 N–H and O–H groups in total. The number of hydrogen-bond acceptors (Lipinski definition) is 4. The largest absolute Gasteiger partial charge is 0.478 e. The van der Waals surface area contributed by atoms with Crippen molar-refractivity contribution in [3.05, 3.63) is 28.8 Å². The zero-order valence-corrected chi connectivity index (χ0v) is 13.0. The molecule has 0 saturated heterocycles. The lowest BCUT2D eigenvalue weighted by atomic mass is 10.2. The number of benzene rings is 1. The number of halogens is 1. The van der Waals surface area contributed by atoms with Crippen molar-refractivity contribution in [2.45, 2.75) is 11.3 Å². The molecule has 0 aliphatic rings. The molecule has 1 unspecified atom stereocenters. The molecule has 0 saturated carbocycles. The maximum Gasteiger partial charge on any atom is 0.337 e. The minimum atomic E-state index is -3.80. The normalized spacial score (nSPS) is 13.1. The Hall–Kier alpha value is -0.960. The van der Waals surface area contributed by atoms with Crippen LogP contribution in [0.2, 0.25) is 5.02 Å². The Bertz CT molecular complexity index is 630. The van der Waals surface area contributed by atoms with Gasteiger partial charge in [0.15, 0.2) is 0 Å². The summed E-state index contributed by atoms with van der Waals surface area (Å²) in [4.78, 5) is 10.7. The van der Waals surface area contributed by atoms with E-state index in [9.17, 15) is 17.4 Å². The highest BCUT2D eigenvalue weighted by Crippen LogP contribution is 2.20. The highest BCUT2D eigenvalue weighted by atomic mass is 35.5. The lowest BCUT2D eigenvalue weighted by molar-refractivity contribution is 0.0697. The number of nitrogens with one attached hydrogen (secondary N) is 1. The van der Waals surface area contributed by atoms with Crippen LogP contribution in [0, 0.1) is 0 Å². The highest BCUT2D eigenvalue weighted by Gasteiger charge is 2.17. The van der Waals surface area contributed by atoms with E-state index in [4.69, 9.17) is 16.7 Å². The van der Waals surface area contributed by atoms with E-state index in [2.05, 4.69) is 4.72 Å². The Labute approximate surface area is 124 Å². The second kappa shape index (κ2) is 7.16. The first kappa shape index (κ1) is 17.1. The van der Waals surface area contributed by atoms with Crippen molar-refractivity contribution in [1.29, 1.82) is 0 Å². The average molecular weight is 340 g/mol. The second-order valence-electron chi connectivity index (χ2n) is 3.98. The summed E-state index contributed by atoms with van der Waals surface area (Å²) in [5.41, 5.74) is -0.274. The molecular weight excluding hydrogens is 326 g/mol. The Morgan fingerprint density at radius 1 is 1.45 bits per heavy atom. The molecule has 1 rings (SSSR count). The van der Waals surface area contributed by atoms with Crippen molar-refractivity contribution in [2.75, 3.05) is 18.6 Å². The summed E-state index contributed by atoms with van der Waals surface area (Å²) in [6, 6.07) is 3.46. The van der Waals surface area contributed by atoms with Gasteiger partial charge in [-0.05, 0) is 24.6 Å². The van der Waals surface area contributed by atoms with Gasteiger partial charge < -0.3 is 5.11 Å². The smallest absolute Gasteiger partial charge is 0.337 e. The van der Waals surface area contributed by atoms with Crippen molar-refractivity contribution in [3.63, 3.8) is 0 Å². The van der Waals surface area contributed by atoms with E-state index < -0.39 is 26.8 Å². The molecule has 112 valence electrons. The summed E-state index contributed by atoms with van der Waals surface area (Å²) >= 11 is 5.67. The monoisotopic (exact) mass is 339 g/mol. The molecular formula is C11H14ClNO5S2. The number of hydrogen-bond donors (Lipinski definition) is 2. The Morgan fingerprint density at radius 3 is 2.65 bits per heavy atom. The third-order valence-corrected chi connectivity index (χ3v) is 5.03. The number of rotatable bonds is 7. The van der Waals surface area contributed by atoms with Gasteiger partial charge in [-0.2, -0.15) is 0 Å². The van der Waals surface area contributed by atoms with E-state index in [0.717, 1.165) is 6.07 Å². The fourth-order valence-corrected chi connectivity index (χ4v) is 3.25. The van der Waals surface area contributed by atoms with Crippen molar-refractivity contribution < 1.29 is 22.5 Å². The van der Waals surface area contributed by atoms with Crippen molar-refractivity contribution in [2.24, 2.45) is 0 Å². The van der Waals surface area contributed by atoms with Crippen LogP contribution in [0.1, 0.15) is 16.8 Å². The van der Waals surface area contributed by atoms with E-state index in [1.807, 2.05) is 0 Å². The predicted molar refractivity (Wildman–Crippen MR) is 77.2 cm³/mol. The van der Waals surface area contributed by atoms with Gasteiger partial charge in [0.2, 0.25) is 10.0 Å². The number of carboxylic acids is 1. The summed E-state index contributed by atoms with van der Waals surface area (Å²) in [5, 5.41) is 8.87. The topological polar surface area (TPSA) is 101 Å². The van der Waals surface area contributed by atoms with Crippen LogP contribution in [0.5, 0.6) is 0 Å². The molecule has 0 radical (unpaired) electrons. The molecule has 1 aromatic carbocycles. The predicted octanol–water partition coefficient (Wildman–Crippen LogP) is 1.09. The maximum atomic E-state index is 11.9. The van der Waals surface area contributed by atoms with E-state index >= 15 is 0 Å². The quantitative estimate of drug-likeness (QED) is 0.724. The van der Waals surface area contributed by atoms with Crippen molar-refractivity contribution >= 4 is 38.4 Å². The fraction of sp³-hybridized carbons (Fsp3) is 0.364. The Morgan fingerprint density at radius 2 is 2.10 bits per heavy atom. The fourth-order valence-electron chi connectivity index (χ4n) is 1.40. The SMILES string of the molecule is CS(=O)CCCNS(=O)(=O)c1ccc(Cl)c(C(=O)O)c1. The van der Waals surface area contributed by atoms with Gasteiger partial charge in [-0.15, -0.1) is 0 Å². The van der Waals surface area contributed by atoms with Crippen LogP contribution >= 0.6 is 11.6 Å². The molecule has 0 fully saturated rings. The van der Waals surface area contributed by atoms with E-state index in [1.54, 1.807) is 0 Å². The van der Waals surface area contributed by atoms with Crippen LogP contribution in [0.4, 0.5) is 0 Å². The first-order chi connectivity index (χ1) is 9.24. The minimum Gasteiger partial charge on any atom is -0.478 e. The molecule has 0 spiro atoms. The van der Waals surface area contributed by atoms with Gasteiger partial charge in [-0.1, -0.05) is 11.6 Å². The van der Waals surface area contributed by atoms with Gasteiger partial charge in [0.1, 0.15) is 0 Å². The second-order valence-corrected chi connectivity index (χ2v) is 7.70. The molecule has 6 nitrogen and oxygen atoms in total. The third-order valence-electron chi connectivity index (χ3n) is 2.38. The zero-order valence-electron chi connectivity index (χ0n) is 10.6. The molecule has 1 atom stereocenters. The van der Waals surface area contributed by atoms with Gasteiger partial charge >= 0.3 is 5.97 Å². The molecule has 0 aliphatic heterocycles. The first-order valence-electron chi connectivity index (χ1n) is 5.56. The Kier molecular flexibility index (Phi) is 6.12. The third kappa shape index (κ3) is 4.86. The summed E-state index contributed by atoms with van der Waals surface area (Å²) in [7, 11) is -4.78. The molecule has 0 aliphatic carbocycles. The van der Waals surface area contributed by atoms with Gasteiger partial charge in [0.05, 0.1) is 15.5 Å². The number of carboxylic acid groups (broad SMARTS) is 1. The lowest BCUT2D eigenvalue weighted by Gasteiger charge is -2.08. The lowest BCUT2D eigenvalue weighted by Crippen LogP contribution is -2.26. The van der Waals surface area contributed by atoms with Gasteiger partial charge in [0, 0.05) is 29.4 Å². The summed E-state index contributed by atoms with van der Waals surface area (Å²) < 4.78 is 37.0. The van der Waals surface area contributed by atoms with Crippen molar-refractivity contribution in [3.8, 4) is 0 Å². The maximum absolute atomic E-state index is 11.9. The van der Waals surface area contributed by atoms with Crippen molar-refractivity contribution in [1.82, 2.24) is 4.72 Å². The summed E-state index contributed by atoms with van der Waals surface area (Å²) in [5.74, 6) is -0.905. The Balaban J connectivity index is 2.85. The number of carbonyl (C=O) groups is 1. The van der Waals surface area contributed by atoms with Gasteiger partial charge in [-0.3, -0.25) is 4.21 Å².